The molecule has 1 aromatic carbocycles. The SMILES string of the molecule is CCCNCc1cc(C)ccc1N1CC(C)OC(C)(C)C1. The van der Waals surface area contributed by atoms with Crippen LogP contribution < -0.4 is 10.2 Å². The van der Waals surface area contributed by atoms with Gasteiger partial charge in [0.1, 0.15) is 0 Å². The normalized spacial score (nSPS) is 21.6. The first-order valence-corrected chi connectivity index (χ1v) is 8.14. The molecule has 1 heterocycles. The number of aryl methyl sites for hydroxylation is 1. The van der Waals surface area contributed by atoms with E-state index in [1.54, 1.807) is 0 Å². The third kappa shape index (κ3) is 4.45. The van der Waals surface area contributed by atoms with Crippen LogP contribution in [-0.2, 0) is 11.3 Å². The van der Waals surface area contributed by atoms with E-state index in [2.05, 4.69) is 63.0 Å². The first-order valence-electron chi connectivity index (χ1n) is 8.14. The van der Waals surface area contributed by atoms with Crippen LogP contribution >= 0.6 is 0 Å². The minimum Gasteiger partial charge on any atom is -0.369 e. The van der Waals surface area contributed by atoms with E-state index in [9.17, 15) is 0 Å². The van der Waals surface area contributed by atoms with Gasteiger partial charge in [-0.3, -0.25) is 0 Å². The van der Waals surface area contributed by atoms with Gasteiger partial charge in [0.15, 0.2) is 0 Å². The van der Waals surface area contributed by atoms with E-state index in [1.165, 1.54) is 23.2 Å². The number of nitrogens with zero attached hydrogens (tertiary/aromatic N) is 1. The number of hydrogen-bond acceptors (Lipinski definition) is 3. The average molecular weight is 290 g/mol. The zero-order chi connectivity index (χ0) is 15.5. The Morgan fingerprint density at radius 1 is 1.38 bits per heavy atom. The van der Waals surface area contributed by atoms with Gasteiger partial charge in [-0.15, -0.1) is 0 Å². The molecule has 0 saturated carbocycles. The maximum absolute atomic E-state index is 6.03. The molecule has 3 nitrogen and oxygen atoms in total. The predicted molar refractivity (Wildman–Crippen MR) is 90.0 cm³/mol. The lowest BCUT2D eigenvalue weighted by atomic mass is 10.0. The van der Waals surface area contributed by atoms with Gasteiger partial charge in [-0.05, 0) is 52.3 Å². The summed E-state index contributed by atoms with van der Waals surface area (Å²) >= 11 is 0. The second-order valence-electron chi connectivity index (χ2n) is 6.88. The molecule has 118 valence electrons. The molecule has 1 aromatic rings. The largest absolute Gasteiger partial charge is 0.369 e. The van der Waals surface area contributed by atoms with E-state index < -0.39 is 0 Å². The minimum absolute atomic E-state index is 0.0866. The van der Waals surface area contributed by atoms with Crippen molar-refractivity contribution in [3.63, 3.8) is 0 Å². The van der Waals surface area contributed by atoms with Crippen molar-refractivity contribution >= 4 is 5.69 Å². The molecular formula is C18H30N2O. The zero-order valence-electron chi connectivity index (χ0n) is 14.2. The van der Waals surface area contributed by atoms with E-state index in [1.807, 2.05) is 0 Å². The molecule has 1 atom stereocenters. The van der Waals surface area contributed by atoms with Crippen molar-refractivity contribution in [3.05, 3.63) is 29.3 Å². The summed E-state index contributed by atoms with van der Waals surface area (Å²) in [6.45, 7) is 14.8. The Hall–Kier alpha value is -1.06. The van der Waals surface area contributed by atoms with Crippen LogP contribution in [0.5, 0.6) is 0 Å². The lowest BCUT2D eigenvalue weighted by Crippen LogP contribution is -2.52. The number of ether oxygens (including phenoxy) is 1. The second-order valence-corrected chi connectivity index (χ2v) is 6.88. The fourth-order valence-electron chi connectivity index (χ4n) is 3.20. The number of anilines is 1. The molecule has 0 bridgehead atoms. The molecule has 1 fully saturated rings. The monoisotopic (exact) mass is 290 g/mol. The van der Waals surface area contributed by atoms with Crippen molar-refractivity contribution < 1.29 is 4.74 Å². The van der Waals surface area contributed by atoms with Crippen molar-refractivity contribution in [2.45, 2.75) is 59.3 Å². The Morgan fingerprint density at radius 3 is 2.81 bits per heavy atom. The van der Waals surface area contributed by atoms with Gasteiger partial charge in [0.05, 0.1) is 11.7 Å². The molecule has 1 unspecified atom stereocenters. The van der Waals surface area contributed by atoms with Gasteiger partial charge in [-0.1, -0.05) is 24.6 Å². The zero-order valence-corrected chi connectivity index (χ0v) is 14.2. The maximum atomic E-state index is 6.03. The average Bonchev–Trinajstić information content (AvgIpc) is 2.36. The summed E-state index contributed by atoms with van der Waals surface area (Å²) in [6.07, 6.45) is 1.44. The summed E-state index contributed by atoms with van der Waals surface area (Å²) in [5, 5.41) is 3.53. The quantitative estimate of drug-likeness (QED) is 0.840. The van der Waals surface area contributed by atoms with Gasteiger partial charge in [-0.25, -0.2) is 0 Å². The molecule has 3 heteroatoms. The third-order valence-electron chi connectivity index (χ3n) is 3.89. The molecule has 0 aromatic heterocycles. The van der Waals surface area contributed by atoms with E-state index >= 15 is 0 Å². The summed E-state index contributed by atoms with van der Waals surface area (Å²) in [4.78, 5) is 2.48. The third-order valence-corrected chi connectivity index (χ3v) is 3.89. The van der Waals surface area contributed by atoms with Crippen LogP contribution in [0.3, 0.4) is 0 Å². The summed E-state index contributed by atoms with van der Waals surface area (Å²) in [5.41, 5.74) is 3.99. The number of nitrogens with one attached hydrogen (secondary N) is 1. The summed E-state index contributed by atoms with van der Waals surface area (Å²) in [7, 11) is 0. The van der Waals surface area contributed by atoms with Crippen LogP contribution in [0.15, 0.2) is 18.2 Å². The number of hydrogen-bond donors (Lipinski definition) is 1. The van der Waals surface area contributed by atoms with E-state index in [0.29, 0.717) is 0 Å². The van der Waals surface area contributed by atoms with Crippen LogP contribution in [0.2, 0.25) is 0 Å². The molecule has 21 heavy (non-hydrogen) atoms. The Morgan fingerprint density at radius 2 is 2.14 bits per heavy atom. The van der Waals surface area contributed by atoms with Crippen LogP contribution in [-0.4, -0.2) is 31.3 Å². The van der Waals surface area contributed by atoms with Gasteiger partial charge in [0.25, 0.3) is 0 Å². The number of rotatable bonds is 5. The van der Waals surface area contributed by atoms with E-state index in [0.717, 1.165) is 26.2 Å². The Balaban J connectivity index is 2.21. The molecule has 0 aliphatic carbocycles. The predicted octanol–water partition coefficient (Wildman–Crippen LogP) is 3.50. The van der Waals surface area contributed by atoms with Crippen molar-refractivity contribution in [1.29, 1.82) is 0 Å². The van der Waals surface area contributed by atoms with E-state index in [4.69, 9.17) is 4.74 Å². The first kappa shape index (κ1) is 16.3. The molecule has 0 amide bonds. The van der Waals surface area contributed by atoms with Crippen LogP contribution in [0, 0.1) is 6.92 Å². The van der Waals surface area contributed by atoms with Crippen molar-refractivity contribution in [1.82, 2.24) is 5.32 Å². The molecule has 1 saturated heterocycles. The summed E-state index contributed by atoms with van der Waals surface area (Å²) in [6, 6.07) is 6.79. The molecule has 0 radical (unpaired) electrons. The Labute approximate surface area is 129 Å². The van der Waals surface area contributed by atoms with Crippen molar-refractivity contribution in [2.24, 2.45) is 0 Å². The Kier molecular flexibility index (Phi) is 5.28. The second kappa shape index (κ2) is 6.80. The highest BCUT2D eigenvalue weighted by Gasteiger charge is 2.32. The van der Waals surface area contributed by atoms with Crippen LogP contribution in [0.4, 0.5) is 5.69 Å². The molecule has 0 spiro atoms. The number of morpholine rings is 1. The van der Waals surface area contributed by atoms with Gasteiger partial charge >= 0.3 is 0 Å². The molecular weight excluding hydrogens is 260 g/mol. The lowest BCUT2D eigenvalue weighted by molar-refractivity contribution is -0.0750. The van der Waals surface area contributed by atoms with Gasteiger partial charge in [0.2, 0.25) is 0 Å². The fourth-order valence-corrected chi connectivity index (χ4v) is 3.20. The van der Waals surface area contributed by atoms with Crippen LogP contribution in [0.25, 0.3) is 0 Å². The molecule has 2 rings (SSSR count). The van der Waals surface area contributed by atoms with Gasteiger partial charge in [-0.2, -0.15) is 0 Å². The van der Waals surface area contributed by atoms with Crippen molar-refractivity contribution in [2.75, 3.05) is 24.5 Å². The molecule has 1 N–H and O–H groups in total. The highest BCUT2D eigenvalue weighted by Crippen LogP contribution is 2.29. The summed E-state index contributed by atoms with van der Waals surface area (Å²) < 4.78 is 6.03. The van der Waals surface area contributed by atoms with E-state index in [-0.39, 0.29) is 11.7 Å². The minimum atomic E-state index is -0.0866. The Bertz CT molecular complexity index is 470. The van der Waals surface area contributed by atoms with Crippen molar-refractivity contribution in [3.8, 4) is 0 Å². The highest BCUT2D eigenvalue weighted by molar-refractivity contribution is 5.55. The smallest absolute Gasteiger partial charge is 0.0805 e. The number of benzene rings is 1. The van der Waals surface area contributed by atoms with Gasteiger partial charge in [0, 0.05) is 25.3 Å². The van der Waals surface area contributed by atoms with Crippen LogP contribution in [0.1, 0.15) is 45.2 Å². The van der Waals surface area contributed by atoms with Gasteiger partial charge < -0.3 is 15.0 Å². The molecule has 1 aliphatic rings. The summed E-state index contributed by atoms with van der Waals surface area (Å²) in [5.74, 6) is 0. The molecule has 1 aliphatic heterocycles. The highest BCUT2D eigenvalue weighted by atomic mass is 16.5. The lowest BCUT2D eigenvalue weighted by Gasteiger charge is -2.43. The standard InChI is InChI=1S/C18H30N2O/c1-6-9-19-11-16-10-14(2)7-8-17(16)20-12-15(3)21-18(4,5)13-20/h7-8,10,15,19H,6,9,11-13H2,1-5H3. The first-order chi connectivity index (χ1) is 9.91. The maximum Gasteiger partial charge on any atom is 0.0805 e. The fraction of sp³-hybridized carbons (Fsp3) is 0.667. The topological polar surface area (TPSA) is 24.5 Å².